The topological polar surface area (TPSA) is 41.1 Å². The van der Waals surface area contributed by atoms with Crippen molar-refractivity contribution in [1.29, 1.82) is 0 Å². The second-order valence-corrected chi connectivity index (χ2v) is 5.69. The lowest BCUT2D eigenvalue weighted by Gasteiger charge is -2.13. The predicted octanol–water partition coefficient (Wildman–Crippen LogP) is 3.96. The van der Waals surface area contributed by atoms with E-state index in [4.69, 9.17) is 12.2 Å². The van der Waals surface area contributed by atoms with Gasteiger partial charge in [-0.25, -0.2) is 4.39 Å². The molecule has 2 aromatic carbocycles. The minimum atomic E-state index is -4.78. The molecule has 0 aromatic heterocycles. The van der Waals surface area contributed by atoms with Crippen LogP contribution in [-0.2, 0) is 12.7 Å². The summed E-state index contributed by atoms with van der Waals surface area (Å²) in [6.07, 6.45) is -4.78. The van der Waals surface area contributed by atoms with Crippen molar-refractivity contribution >= 4 is 23.2 Å². The van der Waals surface area contributed by atoms with Crippen LogP contribution in [0.3, 0.4) is 0 Å². The van der Waals surface area contributed by atoms with Crippen molar-refractivity contribution in [1.82, 2.24) is 10.6 Å². The summed E-state index contributed by atoms with van der Waals surface area (Å²) in [5, 5.41) is 4.80. The first-order valence-corrected chi connectivity index (χ1v) is 7.59. The lowest BCUT2D eigenvalue weighted by Crippen LogP contribution is -2.39. The van der Waals surface area contributed by atoms with Gasteiger partial charge in [-0.3, -0.25) is 10.1 Å². The van der Waals surface area contributed by atoms with Crippen LogP contribution in [0.15, 0.2) is 42.5 Å². The fraction of sp³-hybridized carbons (Fsp3) is 0.176. The highest BCUT2D eigenvalue weighted by Crippen LogP contribution is 2.32. The Bertz CT molecular complexity index is 788. The monoisotopic (exact) mass is 370 g/mol. The van der Waals surface area contributed by atoms with E-state index in [-0.39, 0.29) is 17.2 Å². The summed E-state index contributed by atoms with van der Waals surface area (Å²) in [5.41, 5.74) is -0.194. The largest absolute Gasteiger partial charge is 0.419 e. The molecule has 0 heterocycles. The number of alkyl halides is 3. The third-order valence-electron chi connectivity index (χ3n) is 3.36. The molecule has 0 bridgehead atoms. The molecule has 0 atom stereocenters. The minimum absolute atomic E-state index is 0.109. The number of rotatable bonds is 3. The van der Waals surface area contributed by atoms with E-state index in [0.29, 0.717) is 11.6 Å². The molecule has 2 rings (SSSR count). The number of benzene rings is 2. The van der Waals surface area contributed by atoms with Crippen LogP contribution in [0.1, 0.15) is 27.0 Å². The maximum absolute atomic E-state index is 13.9. The van der Waals surface area contributed by atoms with Gasteiger partial charge in [-0.05, 0) is 37.3 Å². The number of hydrogen-bond donors (Lipinski definition) is 2. The molecule has 1 amide bonds. The first-order valence-electron chi connectivity index (χ1n) is 7.19. The van der Waals surface area contributed by atoms with E-state index in [0.717, 1.165) is 11.6 Å². The van der Waals surface area contributed by atoms with E-state index in [1.807, 2.05) is 6.92 Å². The first kappa shape index (κ1) is 18.9. The Balaban J connectivity index is 1.98. The zero-order valence-electron chi connectivity index (χ0n) is 13.1. The van der Waals surface area contributed by atoms with Crippen LogP contribution in [0.2, 0.25) is 0 Å². The molecule has 0 saturated carbocycles. The number of thiocarbonyl (C=S) groups is 1. The van der Waals surface area contributed by atoms with Gasteiger partial charge in [0.15, 0.2) is 5.11 Å². The van der Waals surface area contributed by atoms with Crippen LogP contribution in [0.25, 0.3) is 0 Å². The summed E-state index contributed by atoms with van der Waals surface area (Å²) in [7, 11) is 0. The Morgan fingerprint density at radius 1 is 1.12 bits per heavy atom. The molecule has 25 heavy (non-hydrogen) atoms. The van der Waals surface area contributed by atoms with E-state index in [1.165, 1.54) is 6.07 Å². The number of carbonyl (C=O) groups excluding carboxylic acids is 1. The Morgan fingerprint density at radius 2 is 1.76 bits per heavy atom. The van der Waals surface area contributed by atoms with Crippen molar-refractivity contribution in [2.75, 3.05) is 0 Å². The van der Waals surface area contributed by atoms with Crippen molar-refractivity contribution in [3.63, 3.8) is 0 Å². The number of halogens is 4. The van der Waals surface area contributed by atoms with E-state index in [1.54, 1.807) is 24.3 Å². The molecule has 8 heteroatoms. The molecule has 0 fully saturated rings. The maximum atomic E-state index is 13.9. The summed E-state index contributed by atoms with van der Waals surface area (Å²) in [6, 6.07) is 9.71. The summed E-state index contributed by atoms with van der Waals surface area (Å²) in [5.74, 6) is -1.84. The van der Waals surface area contributed by atoms with Gasteiger partial charge in [0.2, 0.25) is 0 Å². The second-order valence-electron chi connectivity index (χ2n) is 5.28. The predicted molar refractivity (Wildman–Crippen MR) is 89.5 cm³/mol. The normalized spacial score (nSPS) is 11.1. The van der Waals surface area contributed by atoms with E-state index >= 15 is 0 Å². The molecular formula is C17H14F4N2OS. The van der Waals surface area contributed by atoms with E-state index < -0.39 is 23.5 Å². The summed E-state index contributed by atoms with van der Waals surface area (Å²) < 4.78 is 51.9. The number of amides is 1. The van der Waals surface area contributed by atoms with Gasteiger partial charge in [0.05, 0.1) is 5.56 Å². The van der Waals surface area contributed by atoms with Gasteiger partial charge in [-0.15, -0.1) is 0 Å². The highest BCUT2D eigenvalue weighted by atomic mass is 32.1. The Kier molecular flexibility index (Phi) is 5.73. The molecule has 0 aliphatic rings. The van der Waals surface area contributed by atoms with Crippen molar-refractivity contribution < 1.29 is 22.4 Å². The Labute approximate surface area is 147 Å². The van der Waals surface area contributed by atoms with Gasteiger partial charge in [-0.2, -0.15) is 13.2 Å². The quantitative estimate of drug-likeness (QED) is 0.635. The SMILES string of the molecule is Cc1ccc(C(=O)NC(=S)NCc2cccc(C(F)(F)F)c2F)cc1. The minimum Gasteiger partial charge on any atom is -0.358 e. The highest BCUT2D eigenvalue weighted by Gasteiger charge is 2.34. The first-order chi connectivity index (χ1) is 11.7. The van der Waals surface area contributed by atoms with E-state index in [9.17, 15) is 22.4 Å². The van der Waals surface area contributed by atoms with Gasteiger partial charge >= 0.3 is 6.18 Å². The fourth-order valence-electron chi connectivity index (χ4n) is 2.04. The molecule has 0 saturated heterocycles. The standard InChI is InChI=1S/C17H14F4N2OS/c1-10-5-7-11(8-6-10)15(24)23-16(25)22-9-12-3-2-4-13(14(12)18)17(19,20)21/h2-8H,9H2,1H3,(H2,22,23,24,25). The summed E-state index contributed by atoms with van der Waals surface area (Å²) >= 11 is 4.92. The molecule has 3 nitrogen and oxygen atoms in total. The van der Waals surface area contributed by atoms with Crippen LogP contribution in [0, 0.1) is 12.7 Å². The number of carbonyl (C=O) groups is 1. The van der Waals surface area contributed by atoms with E-state index in [2.05, 4.69) is 10.6 Å². The van der Waals surface area contributed by atoms with Crippen molar-refractivity contribution in [3.05, 3.63) is 70.5 Å². The average molecular weight is 370 g/mol. The Morgan fingerprint density at radius 3 is 2.36 bits per heavy atom. The molecule has 0 radical (unpaired) electrons. The lowest BCUT2D eigenvalue weighted by molar-refractivity contribution is -0.140. The van der Waals surface area contributed by atoms with Crippen LogP contribution >= 0.6 is 12.2 Å². The van der Waals surface area contributed by atoms with Gasteiger partial charge in [0, 0.05) is 17.7 Å². The molecule has 0 aliphatic carbocycles. The molecule has 132 valence electrons. The second kappa shape index (κ2) is 7.60. The zero-order valence-corrected chi connectivity index (χ0v) is 13.9. The highest BCUT2D eigenvalue weighted by molar-refractivity contribution is 7.80. The molecule has 0 aliphatic heterocycles. The van der Waals surface area contributed by atoms with Crippen LogP contribution < -0.4 is 10.6 Å². The lowest BCUT2D eigenvalue weighted by atomic mass is 10.1. The smallest absolute Gasteiger partial charge is 0.358 e. The molecule has 0 spiro atoms. The third kappa shape index (κ3) is 4.99. The molecule has 2 N–H and O–H groups in total. The molecular weight excluding hydrogens is 356 g/mol. The maximum Gasteiger partial charge on any atom is 0.419 e. The average Bonchev–Trinajstić information content (AvgIpc) is 2.53. The summed E-state index contributed by atoms with van der Waals surface area (Å²) in [4.78, 5) is 12.0. The third-order valence-corrected chi connectivity index (χ3v) is 3.61. The van der Waals surface area contributed by atoms with Crippen molar-refractivity contribution in [2.24, 2.45) is 0 Å². The molecule has 0 unspecified atom stereocenters. The number of hydrogen-bond acceptors (Lipinski definition) is 2. The fourth-order valence-corrected chi connectivity index (χ4v) is 2.20. The zero-order chi connectivity index (χ0) is 18.6. The number of aryl methyl sites for hydroxylation is 1. The van der Waals surface area contributed by atoms with Crippen molar-refractivity contribution in [2.45, 2.75) is 19.6 Å². The van der Waals surface area contributed by atoms with Gasteiger partial charge in [0.1, 0.15) is 5.82 Å². The van der Waals surface area contributed by atoms with Gasteiger partial charge < -0.3 is 5.32 Å². The van der Waals surface area contributed by atoms with Crippen molar-refractivity contribution in [3.8, 4) is 0 Å². The summed E-state index contributed by atoms with van der Waals surface area (Å²) in [6.45, 7) is 1.58. The number of nitrogens with one attached hydrogen (secondary N) is 2. The van der Waals surface area contributed by atoms with Gasteiger partial charge in [0.25, 0.3) is 5.91 Å². The van der Waals surface area contributed by atoms with Crippen LogP contribution in [-0.4, -0.2) is 11.0 Å². The van der Waals surface area contributed by atoms with Crippen LogP contribution in [0.5, 0.6) is 0 Å². The molecule has 2 aromatic rings. The Hall–Kier alpha value is -2.48. The van der Waals surface area contributed by atoms with Gasteiger partial charge in [-0.1, -0.05) is 29.8 Å². The van der Waals surface area contributed by atoms with Crippen LogP contribution in [0.4, 0.5) is 17.6 Å².